The number of para-hydroxylation sites is 1. The van der Waals surface area contributed by atoms with Crippen LogP contribution in [0.15, 0.2) is 36.5 Å². The van der Waals surface area contributed by atoms with Crippen molar-refractivity contribution in [1.82, 2.24) is 9.97 Å². The number of carbonyl (C=O) groups excluding carboxylic acids is 1. The van der Waals surface area contributed by atoms with Gasteiger partial charge in [0.1, 0.15) is 11.4 Å². The zero-order valence-electron chi connectivity index (χ0n) is 14.6. The molecule has 0 aliphatic rings. The Morgan fingerprint density at radius 2 is 2.08 bits per heavy atom. The van der Waals surface area contributed by atoms with Crippen LogP contribution in [0.1, 0.15) is 21.5 Å². The van der Waals surface area contributed by atoms with Crippen LogP contribution in [0.4, 0.5) is 5.82 Å². The van der Waals surface area contributed by atoms with Crippen molar-refractivity contribution in [3.8, 4) is 5.88 Å². The van der Waals surface area contributed by atoms with Gasteiger partial charge in [0.2, 0.25) is 5.88 Å². The van der Waals surface area contributed by atoms with E-state index in [0.717, 1.165) is 6.42 Å². The van der Waals surface area contributed by atoms with E-state index in [0.29, 0.717) is 17.9 Å². The second kappa shape index (κ2) is 7.25. The van der Waals surface area contributed by atoms with Crippen LogP contribution in [-0.4, -0.2) is 36.7 Å². The lowest BCUT2D eigenvalue weighted by atomic mass is 10.1. The van der Waals surface area contributed by atoms with Crippen LogP contribution < -0.4 is 10.1 Å². The van der Waals surface area contributed by atoms with Crippen LogP contribution in [0.3, 0.4) is 0 Å². The van der Waals surface area contributed by atoms with Crippen LogP contribution in [0.2, 0.25) is 0 Å². The second-order valence-corrected chi connectivity index (χ2v) is 5.73. The Hall–Kier alpha value is -3.02. The van der Waals surface area contributed by atoms with Gasteiger partial charge in [-0.3, -0.25) is 0 Å². The van der Waals surface area contributed by atoms with Crippen molar-refractivity contribution in [3.63, 3.8) is 0 Å². The van der Waals surface area contributed by atoms with Crippen molar-refractivity contribution >= 4 is 22.7 Å². The molecule has 2 N–H and O–H groups in total. The summed E-state index contributed by atoms with van der Waals surface area (Å²) in [4.78, 5) is 19.3. The molecule has 0 unspecified atom stereocenters. The number of rotatable bonds is 6. The van der Waals surface area contributed by atoms with E-state index in [1.807, 2.05) is 6.20 Å². The molecule has 0 fully saturated rings. The number of ether oxygens (including phenoxy) is 2. The number of hydrogen-bond acceptors (Lipinski definition) is 5. The number of anilines is 1. The summed E-state index contributed by atoms with van der Waals surface area (Å²) in [5, 5.41) is 4.51. The summed E-state index contributed by atoms with van der Waals surface area (Å²) in [5.41, 5.74) is 3.98. The highest BCUT2D eigenvalue weighted by atomic mass is 16.5. The number of hydrogen-bond donors (Lipinski definition) is 2. The number of fused-ring (bicyclic) bond motifs is 1. The maximum absolute atomic E-state index is 11.7. The highest BCUT2D eigenvalue weighted by molar-refractivity contribution is 5.92. The van der Waals surface area contributed by atoms with E-state index >= 15 is 0 Å². The highest BCUT2D eigenvalue weighted by Gasteiger charge is 2.14. The molecule has 6 heteroatoms. The number of pyridine rings is 1. The van der Waals surface area contributed by atoms with E-state index in [-0.39, 0.29) is 5.88 Å². The van der Waals surface area contributed by atoms with E-state index in [1.54, 1.807) is 12.1 Å². The summed E-state index contributed by atoms with van der Waals surface area (Å²) in [6.07, 6.45) is 2.90. The quantitative estimate of drug-likeness (QED) is 0.674. The summed E-state index contributed by atoms with van der Waals surface area (Å²) in [6.45, 7) is 2.81. The van der Waals surface area contributed by atoms with E-state index in [4.69, 9.17) is 9.47 Å². The summed E-state index contributed by atoms with van der Waals surface area (Å²) >= 11 is 0. The van der Waals surface area contributed by atoms with Gasteiger partial charge in [0, 0.05) is 23.6 Å². The lowest BCUT2D eigenvalue weighted by molar-refractivity contribution is 0.0596. The summed E-state index contributed by atoms with van der Waals surface area (Å²) < 4.78 is 9.89. The number of aryl methyl sites for hydroxylation is 1. The van der Waals surface area contributed by atoms with E-state index in [2.05, 4.69) is 40.4 Å². The molecule has 0 radical (unpaired) electrons. The number of H-pyrrole nitrogens is 1. The smallest absolute Gasteiger partial charge is 0.343 e. The number of methoxy groups -OCH3 is 2. The molecule has 0 atom stereocenters. The minimum absolute atomic E-state index is 0.250. The van der Waals surface area contributed by atoms with Gasteiger partial charge in [-0.15, -0.1) is 0 Å². The minimum atomic E-state index is -0.468. The predicted octanol–water partition coefficient (Wildman–Crippen LogP) is 3.32. The third-order valence-corrected chi connectivity index (χ3v) is 4.17. The molecular formula is C19H21N3O3. The topological polar surface area (TPSA) is 76.2 Å². The van der Waals surface area contributed by atoms with Crippen molar-refractivity contribution in [2.45, 2.75) is 13.3 Å². The van der Waals surface area contributed by atoms with Gasteiger partial charge in [0.05, 0.1) is 14.2 Å². The van der Waals surface area contributed by atoms with Gasteiger partial charge in [0.15, 0.2) is 0 Å². The molecule has 0 spiro atoms. The Bertz CT molecular complexity index is 902. The first-order valence-corrected chi connectivity index (χ1v) is 8.07. The molecular weight excluding hydrogens is 318 g/mol. The molecule has 0 amide bonds. The molecule has 6 nitrogen and oxygen atoms in total. The summed E-state index contributed by atoms with van der Waals surface area (Å²) in [5.74, 6) is 0.435. The van der Waals surface area contributed by atoms with E-state index < -0.39 is 5.97 Å². The highest BCUT2D eigenvalue weighted by Crippen LogP contribution is 2.22. The number of carbonyl (C=O) groups is 1. The zero-order chi connectivity index (χ0) is 17.8. The summed E-state index contributed by atoms with van der Waals surface area (Å²) in [7, 11) is 2.81. The fourth-order valence-corrected chi connectivity index (χ4v) is 2.86. The Balaban J connectivity index is 1.69. The van der Waals surface area contributed by atoms with Crippen LogP contribution in [0, 0.1) is 6.92 Å². The average Bonchev–Trinajstić information content (AvgIpc) is 3.05. The number of benzene rings is 1. The number of esters is 1. The van der Waals surface area contributed by atoms with Crippen LogP contribution in [0.5, 0.6) is 5.88 Å². The monoisotopic (exact) mass is 339 g/mol. The standard InChI is InChI=1S/C19H21N3O3/c1-12-5-4-6-14-13(11-21-17(12)14)9-10-20-16-8-7-15(19(23)25-3)18(22-16)24-2/h4-8,11,21H,9-10H2,1-3H3,(H,20,22). The fourth-order valence-electron chi connectivity index (χ4n) is 2.86. The maximum Gasteiger partial charge on any atom is 0.343 e. The molecule has 0 saturated heterocycles. The maximum atomic E-state index is 11.7. The third-order valence-electron chi connectivity index (χ3n) is 4.17. The average molecular weight is 339 g/mol. The molecule has 2 heterocycles. The molecule has 2 aromatic heterocycles. The van der Waals surface area contributed by atoms with Crippen molar-refractivity contribution in [1.29, 1.82) is 0 Å². The number of aromatic amines is 1. The second-order valence-electron chi connectivity index (χ2n) is 5.73. The molecule has 25 heavy (non-hydrogen) atoms. The van der Waals surface area contributed by atoms with Crippen LogP contribution >= 0.6 is 0 Å². The van der Waals surface area contributed by atoms with Crippen molar-refractivity contribution < 1.29 is 14.3 Å². The first-order valence-electron chi connectivity index (χ1n) is 8.07. The first-order chi connectivity index (χ1) is 12.1. The SMILES string of the molecule is COC(=O)c1ccc(NCCc2c[nH]c3c(C)cccc23)nc1OC. The first kappa shape index (κ1) is 16.8. The van der Waals surface area contributed by atoms with Crippen molar-refractivity contribution in [3.05, 3.63) is 53.2 Å². The molecule has 0 aliphatic heterocycles. The van der Waals surface area contributed by atoms with Gasteiger partial charge in [-0.05, 0) is 36.6 Å². The Kier molecular flexibility index (Phi) is 4.88. The predicted molar refractivity (Wildman–Crippen MR) is 97.4 cm³/mol. The molecule has 0 saturated carbocycles. The number of aromatic nitrogens is 2. The Morgan fingerprint density at radius 1 is 1.24 bits per heavy atom. The van der Waals surface area contributed by atoms with Gasteiger partial charge in [-0.25, -0.2) is 4.79 Å². The normalized spacial score (nSPS) is 10.7. The van der Waals surface area contributed by atoms with Gasteiger partial charge in [0.25, 0.3) is 0 Å². The lowest BCUT2D eigenvalue weighted by Crippen LogP contribution is -2.09. The minimum Gasteiger partial charge on any atom is -0.480 e. The molecule has 0 aliphatic carbocycles. The van der Waals surface area contributed by atoms with Gasteiger partial charge in [-0.1, -0.05) is 18.2 Å². The Labute approximate surface area is 146 Å². The van der Waals surface area contributed by atoms with Crippen molar-refractivity contribution in [2.75, 3.05) is 26.1 Å². The Morgan fingerprint density at radius 3 is 2.84 bits per heavy atom. The van der Waals surface area contributed by atoms with E-state index in [9.17, 15) is 4.79 Å². The number of nitrogens with one attached hydrogen (secondary N) is 2. The van der Waals surface area contributed by atoms with Crippen LogP contribution in [-0.2, 0) is 11.2 Å². The van der Waals surface area contributed by atoms with Crippen LogP contribution in [0.25, 0.3) is 10.9 Å². The fraction of sp³-hybridized carbons (Fsp3) is 0.263. The molecule has 130 valence electrons. The molecule has 3 rings (SSSR count). The number of nitrogens with zero attached hydrogens (tertiary/aromatic N) is 1. The van der Waals surface area contributed by atoms with Gasteiger partial charge in [-0.2, -0.15) is 4.98 Å². The van der Waals surface area contributed by atoms with E-state index in [1.165, 1.54) is 36.2 Å². The van der Waals surface area contributed by atoms with Gasteiger partial charge >= 0.3 is 5.97 Å². The third kappa shape index (κ3) is 3.42. The zero-order valence-corrected chi connectivity index (χ0v) is 14.6. The lowest BCUT2D eigenvalue weighted by Gasteiger charge is -2.09. The molecule has 3 aromatic rings. The van der Waals surface area contributed by atoms with Crippen molar-refractivity contribution in [2.24, 2.45) is 0 Å². The largest absolute Gasteiger partial charge is 0.480 e. The molecule has 0 bridgehead atoms. The summed E-state index contributed by atoms with van der Waals surface area (Å²) in [6, 6.07) is 9.68. The molecule has 1 aromatic carbocycles. The van der Waals surface area contributed by atoms with Gasteiger partial charge < -0.3 is 19.8 Å².